The lowest BCUT2D eigenvalue weighted by Crippen LogP contribution is -2.27. The van der Waals surface area contributed by atoms with Gasteiger partial charge in [0.25, 0.3) is 5.91 Å². The summed E-state index contributed by atoms with van der Waals surface area (Å²) in [7, 11) is 1.67. The van der Waals surface area contributed by atoms with E-state index < -0.39 is 5.82 Å². The van der Waals surface area contributed by atoms with Gasteiger partial charge in [-0.2, -0.15) is 0 Å². The Kier molecular flexibility index (Phi) is 3.95. The van der Waals surface area contributed by atoms with Crippen molar-refractivity contribution in [3.8, 4) is 0 Å². The van der Waals surface area contributed by atoms with Crippen molar-refractivity contribution in [2.75, 3.05) is 7.05 Å². The van der Waals surface area contributed by atoms with Gasteiger partial charge in [0, 0.05) is 11.9 Å². The standard InChI is InChI=1S/C14H15FN2OS/c1-9-4-5-11(12(15)6-9)14(18)17(3)7-13-10(2)16-8-19-13/h4-6,8H,7H2,1-3H3. The minimum atomic E-state index is -0.474. The van der Waals surface area contributed by atoms with Gasteiger partial charge >= 0.3 is 0 Å². The fourth-order valence-electron chi connectivity index (χ4n) is 1.76. The lowest BCUT2D eigenvalue weighted by molar-refractivity contribution is 0.0781. The molecule has 0 atom stereocenters. The van der Waals surface area contributed by atoms with Gasteiger partial charge in [0.15, 0.2) is 0 Å². The van der Waals surface area contributed by atoms with Crippen LogP contribution in [0.15, 0.2) is 23.7 Å². The Morgan fingerprint density at radius 2 is 2.16 bits per heavy atom. The van der Waals surface area contributed by atoms with Crippen molar-refractivity contribution in [3.05, 3.63) is 51.2 Å². The first-order chi connectivity index (χ1) is 8.99. The zero-order valence-electron chi connectivity index (χ0n) is 11.1. The van der Waals surface area contributed by atoms with E-state index in [0.717, 1.165) is 16.1 Å². The van der Waals surface area contributed by atoms with E-state index in [0.29, 0.717) is 6.54 Å². The fraction of sp³-hybridized carbons (Fsp3) is 0.286. The highest BCUT2D eigenvalue weighted by molar-refractivity contribution is 7.09. The Labute approximate surface area is 115 Å². The Balaban J connectivity index is 2.17. The second-order valence-electron chi connectivity index (χ2n) is 4.51. The first kappa shape index (κ1) is 13.7. The Morgan fingerprint density at radius 1 is 1.42 bits per heavy atom. The predicted molar refractivity (Wildman–Crippen MR) is 73.8 cm³/mol. The molecule has 1 heterocycles. The van der Waals surface area contributed by atoms with Crippen LogP contribution >= 0.6 is 11.3 Å². The van der Waals surface area contributed by atoms with Gasteiger partial charge in [-0.3, -0.25) is 4.79 Å². The van der Waals surface area contributed by atoms with Crippen molar-refractivity contribution >= 4 is 17.2 Å². The molecule has 0 radical (unpaired) electrons. The van der Waals surface area contributed by atoms with Crippen molar-refractivity contribution < 1.29 is 9.18 Å². The van der Waals surface area contributed by atoms with Crippen LogP contribution in [0.4, 0.5) is 4.39 Å². The van der Waals surface area contributed by atoms with Crippen molar-refractivity contribution in [2.45, 2.75) is 20.4 Å². The number of hydrogen-bond acceptors (Lipinski definition) is 3. The number of amides is 1. The molecule has 1 aromatic heterocycles. The summed E-state index contributed by atoms with van der Waals surface area (Å²) in [6, 6.07) is 4.64. The van der Waals surface area contributed by atoms with Crippen molar-refractivity contribution in [1.82, 2.24) is 9.88 Å². The highest BCUT2D eigenvalue weighted by Crippen LogP contribution is 2.17. The number of hydrogen-bond donors (Lipinski definition) is 0. The van der Waals surface area contributed by atoms with E-state index in [2.05, 4.69) is 4.98 Å². The molecule has 1 aromatic carbocycles. The van der Waals surface area contributed by atoms with Gasteiger partial charge in [0.1, 0.15) is 5.82 Å². The molecule has 5 heteroatoms. The Bertz CT molecular complexity index is 609. The van der Waals surface area contributed by atoms with Crippen LogP contribution in [0, 0.1) is 19.7 Å². The summed E-state index contributed by atoms with van der Waals surface area (Å²) in [5.41, 5.74) is 3.56. The van der Waals surface area contributed by atoms with Crippen LogP contribution in [0.5, 0.6) is 0 Å². The average Bonchev–Trinajstić information content (AvgIpc) is 2.74. The van der Waals surface area contributed by atoms with Crippen LogP contribution in [0.1, 0.15) is 26.5 Å². The van der Waals surface area contributed by atoms with Crippen LogP contribution in [0.25, 0.3) is 0 Å². The Morgan fingerprint density at radius 3 is 2.74 bits per heavy atom. The van der Waals surface area contributed by atoms with Gasteiger partial charge in [-0.15, -0.1) is 11.3 Å². The van der Waals surface area contributed by atoms with Crippen LogP contribution < -0.4 is 0 Å². The second-order valence-corrected chi connectivity index (χ2v) is 5.44. The fourth-order valence-corrected chi connectivity index (χ4v) is 2.59. The van der Waals surface area contributed by atoms with E-state index in [1.54, 1.807) is 25.5 Å². The molecule has 0 saturated heterocycles. The maximum Gasteiger partial charge on any atom is 0.256 e. The number of carbonyl (C=O) groups is 1. The molecule has 0 aliphatic carbocycles. The van der Waals surface area contributed by atoms with Gasteiger partial charge in [0.05, 0.1) is 23.3 Å². The lowest BCUT2D eigenvalue weighted by atomic mass is 10.1. The SMILES string of the molecule is Cc1ccc(C(=O)N(C)Cc2scnc2C)c(F)c1. The summed E-state index contributed by atoms with van der Waals surface area (Å²) >= 11 is 1.50. The molecule has 0 unspecified atom stereocenters. The number of nitrogens with zero attached hydrogens (tertiary/aromatic N) is 2. The number of thiazole rings is 1. The Hall–Kier alpha value is -1.75. The third-order valence-electron chi connectivity index (χ3n) is 2.93. The van der Waals surface area contributed by atoms with E-state index >= 15 is 0 Å². The van der Waals surface area contributed by atoms with E-state index in [-0.39, 0.29) is 11.5 Å². The van der Waals surface area contributed by atoms with Gasteiger partial charge in [-0.1, -0.05) is 6.07 Å². The highest BCUT2D eigenvalue weighted by atomic mass is 32.1. The smallest absolute Gasteiger partial charge is 0.256 e. The minimum Gasteiger partial charge on any atom is -0.336 e. The number of aryl methyl sites for hydroxylation is 2. The maximum absolute atomic E-state index is 13.8. The van der Waals surface area contributed by atoms with Crippen LogP contribution in [-0.2, 0) is 6.54 Å². The largest absolute Gasteiger partial charge is 0.336 e. The molecule has 3 nitrogen and oxygen atoms in total. The van der Waals surface area contributed by atoms with Gasteiger partial charge in [-0.25, -0.2) is 9.37 Å². The number of rotatable bonds is 3. The summed E-state index contributed by atoms with van der Waals surface area (Å²) in [6.45, 7) is 4.14. The minimum absolute atomic E-state index is 0.107. The molecule has 100 valence electrons. The topological polar surface area (TPSA) is 33.2 Å². The van der Waals surface area contributed by atoms with Gasteiger partial charge < -0.3 is 4.90 Å². The number of benzene rings is 1. The first-order valence-corrected chi connectivity index (χ1v) is 6.77. The molecule has 2 aromatic rings. The number of carbonyl (C=O) groups excluding carboxylic acids is 1. The average molecular weight is 278 g/mol. The number of aromatic nitrogens is 1. The third-order valence-corrected chi connectivity index (χ3v) is 3.85. The molecule has 0 N–H and O–H groups in total. The first-order valence-electron chi connectivity index (χ1n) is 5.89. The van der Waals surface area contributed by atoms with Crippen molar-refractivity contribution in [1.29, 1.82) is 0 Å². The van der Waals surface area contributed by atoms with Crippen LogP contribution in [-0.4, -0.2) is 22.8 Å². The zero-order valence-corrected chi connectivity index (χ0v) is 11.9. The van der Waals surface area contributed by atoms with E-state index in [4.69, 9.17) is 0 Å². The molecule has 0 saturated carbocycles. The zero-order chi connectivity index (χ0) is 14.0. The summed E-state index contributed by atoms with van der Waals surface area (Å²) in [5, 5.41) is 0. The molecular formula is C14H15FN2OS. The molecule has 0 aliphatic rings. The predicted octanol–water partition coefficient (Wildman–Crippen LogP) is 3.17. The van der Waals surface area contributed by atoms with Crippen molar-refractivity contribution in [3.63, 3.8) is 0 Å². The normalized spacial score (nSPS) is 10.5. The molecular weight excluding hydrogens is 263 g/mol. The third kappa shape index (κ3) is 2.98. The molecule has 0 bridgehead atoms. The maximum atomic E-state index is 13.8. The molecule has 19 heavy (non-hydrogen) atoms. The quantitative estimate of drug-likeness (QED) is 0.864. The van der Waals surface area contributed by atoms with E-state index in [1.807, 2.05) is 6.92 Å². The molecule has 0 fully saturated rings. The van der Waals surface area contributed by atoms with E-state index in [1.165, 1.54) is 28.4 Å². The monoisotopic (exact) mass is 278 g/mol. The lowest BCUT2D eigenvalue weighted by Gasteiger charge is -2.17. The summed E-state index contributed by atoms with van der Waals surface area (Å²) in [4.78, 5) is 18.8. The molecule has 1 amide bonds. The van der Waals surface area contributed by atoms with E-state index in [9.17, 15) is 9.18 Å². The second kappa shape index (κ2) is 5.48. The van der Waals surface area contributed by atoms with Crippen LogP contribution in [0.2, 0.25) is 0 Å². The molecule has 2 rings (SSSR count). The summed E-state index contributed by atoms with van der Waals surface area (Å²) in [6.07, 6.45) is 0. The van der Waals surface area contributed by atoms with Gasteiger partial charge in [-0.05, 0) is 31.5 Å². The number of halogens is 1. The summed E-state index contributed by atoms with van der Waals surface area (Å²) in [5.74, 6) is -0.789. The summed E-state index contributed by atoms with van der Waals surface area (Å²) < 4.78 is 13.8. The molecule has 0 spiro atoms. The van der Waals surface area contributed by atoms with Gasteiger partial charge in [0.2, 0.25) is 0 Å². The van der Waals surface area contributed by atoms with Crippen LogP contribution in [0.3, 0.4) is 0 Å². The molecule has 0 aliphatic heterocycles. The van der Waals surface area contributed by atoms with Crippen molar-refractivity contribution in [2.24, 2.45) is 0 Å². The highest BCUT2D eigenvalue weighted by Gasteiger charge is 2.17.